The molecule has 0 N–H and O–H groups in total. The number of carbonyl (C=O) groups excluding carboxylic acids is 2. The molecule has 0 unspecified atom stereocenters. The van der Waals surface area contributed by atoms with Gasteiger partial charge in [0.15, 0.2) is 0 Å². The average molecular weight is 303 g/mol. The van der Waals surface area contributed by atoms with Crippen molar-refractivity contribution in [3.63, 3.8) is 0 Å². The van der Waals surface area contributed by atoms with Crippen LogP contribution in [0.4, 0.5) is 5.69 Å². The number of fused-ring (bicyclic) bond motifs is 1. The number of benzene rings is 1. The Kier molecular flexibility index (Phi) is 3.25. The minimum absolute atomic E-state index is 0.0121. The Morgan fingerprint density at radius 2 is 1.95 bits per heavy atom. The van der Waals surface area contributed by atoms with Gasteiger partial charge >= 0.3 is 0 Å². The van der Waals surface area contributed by atoms with Crippen LogP contribution in [0.2, 0.25) is 0 Å². The second kappa shape index (κ2) is 4.88. The smallest absolute Gasteiger partial charge is 0.269 e. The molecule has 3 rings (SSSR count). The summed E-state index contributed by atoms with van der Waals surface area (Å²) in [5.41, 5.74) is 0.451. The van der Waals surface area contributed by atoms with Gasteiger partial charge in [-0.1, -0.05) is 12.1 Å². The molecule has 0 aromatic heterocycles. The van der Waals surface area contributed by atoms with E-state index in [0.29, 0.717) is 13.0 Å². The van der Waals surface area contributed by atoms with E-state index in [-0.39, 0.29) is 29.1 Å². The molecule has 2 fully saturated rings. The second-order valence-electron chi connectivity index (χ2n) is 6.40. The lowest BCUT2D eigenvalue weighted by Crippen LogP contribution is -2.43. The van der Waals surface area contributed by atoms with E-state index in [1.807, 2.05) is 18.9 Å². The third-order valence-corrected chi connectivity index (χ3v) is 4.43. The predicted octanol–water partition coefficient (Wildman–Crippen LogP) is 1.69. The first kappa shape index (κ1) is 14.6. The highest BCUT2D eigenvalue weighted by Crippen LogP contribution is 2.46. The Morgan fingerprint density at radius 1 is 1.32 bits per heavy atom. The van der Waals surface area contributed by atoms with Gasteiger partial charge in [-0.3, -0.25) is 19.9 Å². The molecule has 0 spiro atoms. The molecular formula is C15H17N3O4. The van der Waals surface area contributed by atoms with Crippen LogP contribution in [0.1, 0.15) is 31.9 Å². The molecule has 7 heteroatoms. The summed E-state index contributed by atoms with van der Waals surface area (Å²) in [6.07, 6.45) is 1.27. The summed E-state index contributed by atoms with van der Waals surface area (Å²) in [6.45, 7) is 4.31. The molecule has 2 heterocycles. The standard InChI is InChI=1S/C15H17N3O4/c1-15(2)7-13(20)16-8-11(9-19)14(17(15)16)10-3-5-12(6-4-10)18(21)22/h3-6,9,11,14H,7-8H2,1-2H3/t11-,14+/m0/s1. The monoisotopic (exact) mass is 303 g/mol. The predicted molar refractivity (Wildman–Crippen MR) is 77.6 cm³/mol. The molecule has 1 aromatic carbocycles. The van der Waals surface area contributed by atoms with Crippen LogP contribution in [-0.4, -0.2) is 39.2 Å². The summed E-state index contributed by atoms with van der Waals surface area (Å²) in [6, 6.07) is 5.94. The van der Waals surface area contributed by atoms with Crippen LogP contribution < -0.4 is 0 Å². The van der Waals surface area contributed by atoms with Crippen molar-refractivity contribution in [1.82, 2.24) is 10.0 Å². The second-order valence-corrected chi connectivity index (χ2v) is 6.40. The Hall–Kier alpha value is -2.28. The highest BCUT2D eigenvalue weighted by atomic mass is 16.6. The minimum Gasteiger partial charge on any atom is -0.303 e. The van der Waals surface area contributed by atoms with Gasteiger partial charge in [0.25, 0.3) is 5.69 Å². The van der Waals surface area contributed by atoms with Crippen molar-refractivity contribution in [2.45, 2.75) is 31.8 Å². The molecule has 2 aliphatic rings. The largest absolute Gasteiger partial charge is 0.303 e. The van der Waals surface area contributed by atoms with Crippen LogP contribution >= 0.6 is 0 Å². The van der Waals surface area contributed by atoms with Crippen molar-refractivity contribution in [1.29, 1.82) is 0 Å². The fourth-order valence-corrected chi connectivity index (χ4v) is 3.49. The third-order valence-electron chi connectivity index (χ3n) is 4.43. The summed E-state index contributed by atoms with van der Waals surface area (Å²) >= 11 is 0. The Morgan fingerprint density at radius 3 is 2.50 bits per heavy atom. The molecule has 2 aliphatic heterocycles. The summed E-state index contributed by atoms with van der Waals surface area (Å²) in [5, 5.41) is 14.4. The fourth-order valence-electron chi connectivity index (χ4n) is 3.49. The molecule has 2 atom stereocenters. The van der Waals surface area contributed by atoms with Crippen LogP contribution in [0.25, 0.3) is 0 Å². The Bertz CT molecular complexity index is 641. The third kappa shape index (κ3) is 2.09. The number of nitro groups is 1. The lowest BCUT2D eigenvalue weighted by atomic mass is 9.90. The number of nitro benzene ring substituents is 1. The summed E-state index contributed by atoms with van der Waals surface area (Å²) < 4.78 is 0. The number of amides is 1. The van der Waals surface area contributed by atoms with E-state index in [1.165, 1.54) is 12.1 Å². The molecule has 1 amide bonds. The van der Waals surface area contributed by atoms with E-state index in [2.05, 4.69) is 0 Å². The molecule has 1 aromatic rings. The zero-order valence-corrected chi connectivity index (χ0v) is 12.4. The van der Waals surface area contributed by atoms with Gasteiger partial charge in [-0.05, 0) is 19.4 Å². The zero-order chi connectivity index (χ0) is 16.1. The fraction of sp³-hybridized carbons (Fsp3) is 0.467. The number of rotatable bonds is 3. The molecule has 22 heavy (non-hydrogen) atoms. The lowest BCUT2D eigenvalue weighted by Gasteiger charge is -2.36. The molecule has 2 saturated heterocycles. The van der Waals surface area contributed by atoms with Gasteiger partial charge in [-0.2, -0.15) is 0 Å². The number of hydrazine groups is 1. The lowest BCUT2D eigenvalue weighted by molar-refractivity contribution is -0.384. The van der Waals surface area contributed by atoms with E-state index in [9.17, 15) is 19.7 Å². The van der Waals surface area contributed by atoms with Crippen molar-refractivity contribution in [3.05, 3.63) is 39.9 Å². The number of hydrogen-bond donors (Lipinski definition) is 0. The van der Waals surface area contributed by atoms with Crippen LogP contribution in [0, 0.1) is 16.0 Å². The summed E-state index contributed by atoms with van der Waals surface area (Å²) in [4.78, 5) is 33.9. The number of non-ortho nitro benzene ring substituents is 1. The molecule has 116 valence electrons. The van der Waals surface area contributed by atoms with Crippen LogP contribution in [0.15, 0.2) is 24.3 Å². The maximum Gasteiger partial charge on any atom is 0.269 e. The molecule has 0 aliphatic carbocycles. The topological polar surface area (TPSA) is 83.8 Å². The van der Waals surface area contributed by atoms with Gasteiger partial charge in [-0.15, -0.1) is 0 Å². The van der Waals surface area contributed by atoms with Gasteiger partial charge in [0.2, 0.25) is 5.91 Å². The van der Waals surface area contributed by atoms with Crippen molar-refractivity contribution in [3.8, 4) is 0 Å². The Labute approximate surface area is 127 Å². The maximum absolute atomic E-state index is 12.1. The summed E-state index contributed by atoms with van der Waals surface area (Å²) in [5.74, 6) is -0.314. The van der Waals surface area contributed by atoms with E-state index in [0.717, 1.165) is 11.8 Å². The van der Waals surface area contributed by atoms with E-state index < -0.39 is 4.92 Å². The molecular weight excluding hydrogens is 286 g/mol. The normalized spacial score (nSPS) is 27.0. The average Bonchev–Trinajstić information content (AvgIpc) is 2.96. The van der Waals surface area contributed by atoms with E-state index in [4.69, 9.17) is 0 Å². The highest BCUT2D eigenvalue weighted by molar-refractivity contribution is 5.80. The van der Waals surface area contributed by atoms with Gasteiger partial charge in [-0.25, -0.2) is 5.01 Å². The zero-order valence-electron chi connectivity index (χ0n) is 12.4. The first-order valence-electron chi connectivity index (χ1n) is 7.14. The number of nitrogens with zero attached hydrogens (tertiary/aromatic N) is 3. The van der Waals surface area contributed by atoms with Crippen LogP contribution in [0.3, 0.4) is 0 Å². The SMILES string of the molecule is CC1(C)CC(=O)N2C[C@@H](C=O)[C@@H](c3ccc([N+](=O)[O-])cc3)N21. The van der Waals surface area contributed by atoms with Gasteiger partial charge in [0.1, 0.15) is 6.29 Å². The van der Waals surface area contributed by atoms with Crippen molar-refractivity contribution >= 4 is 17.9 Å². The van der Waals surface area contributed by atoms with Gasteiger partial charge < -0.3 is 4.79 Å². The van der Waals surface area contributed by atoms with Crippen molar-refractivity contribution in [2.24, 2.45) is 5.92 Å². The van der Waals surface area contributed by atoms with Gasteiger partial charge in [0.05, 0.1) is 16.9 Å². The molecule has 0 saturated carbocycles. The minimum atomic E-state index is -0.453. The first-order valence-corrected chi connectivity index (χ1v) is 7.14. The maximum atomic E-state index is 12.1. The van der Waals surface area contributed by atoms with E-state index in [1.54, 1.807) is 17.1 Å². The molecule has 0 bridgehead atoms. The van der Waals surface area contributed by atoms with Crippen molar-refractivity contribution < 1.29 is 14.5 Å². The highest BCUT2D eigenvalue weighted by Gasteiger charge is 2.54. The quantitative estimate of drug-likeness (QED) is 0.482. The number of hydrogen-bond acceptors (Lipinski definition) is 5. The van der Waals surface area contributed by atoms with Crippen molar-refractivity contribution in [2.75, 3.05) is 6.54 Å². The van der Waals surface area contributed by atoms with Crippen LogP contribution in [-0.2, 0) is 9.59 Å². The van der Waals surface area contributed by atoms with Crippen LogP contribution in [0.5, 0.6) is 0 Å². The first-order chi connectivity index (χ1) is 10.3. The van der Waals surface area contributed by atoms with E-state index >= 15 is 0 Å². The molecule has 0 radical (unpaired) electrons. The summed E-state index contributed by atoms with van der Waals surface area (Å²) in [7, 11) is 0. The van der Waals surface area contributed by atoms with Gasteiger partial charge in [0, 0.05) is 30.6 Å². The molecule has 7 nitrogen and oxygen atoms in total. The number of carbonyl (C=O) groups is 2. The Balaban J connectivity index is 2.01. The number of aldehydes is 1.